The van der Waals surface area contributed by atoms with Gasteiger partial charge in [-0.25, -0.2) is 0 Å². The Balaban J connectivity index is 1.75. The summed E-state index contributed by atoms with van der Waals surface area (Å²) in [5, 5.41) is 2.42. The summed E-state index contributed by atoms with van der Waals surface area (Å²) in [5.41, 5.74) is 1.17. The molecule has 1 aliphatic carbocycles. The van der Waals surface area contributed by atoms with Gasteiger partial charge in [0.1, 0.15) is 6.54 Å². The van der Waals surface area contributed by atoms with Crippen LogP contribution in [0, 0.1) is 5.92 Å². The SMILES string of the molecule is CO[C@H]1C(=O)NC=C[C@H]1C(=O)N(CC(F)(F)F)C1CCC(c2ccccc2)CC1. The molecule has 0 spiro atoms. The number of carbonyl (C=O) groups excluding carboxylic acids is 2. The van der Waals surface area contributed by atoms with Crippen molar-refractivity contribution in [3.63, 3.8) is 0 Å². The molecule has 0 bridgehead atoms. The van der Waals surface area contributed by atoms with Crippen molar-refractivity contribution < 1.29 is 27.5 Å². The molecule has 1 heterocycles. The highest BCUT2D eigenvalue weighted by atomic mass is 19.4. The van der Waals surface area contributed by atoms with Crippen molar-refractivity contribution in [2.75, 3.05) is 13.7 Å². The van der Waals surface area contributed by atoms with Crippen LogP contribution in [-0.2, 0) is 14.3 Å². The van der Waals surface area contributed by atoms with Crippen molar-refractivity contribution in [3.05, 3.63) is 48.2 Å². The number of carbonyl (C=O) groups is 2. The molecule has 158 valence electrons. The van der Waals surface area contributed by atoms with Gasteiger partial charge in [0, 0.05) is 19.4 Å². The molecule has 8 heteroatoms. The van der Waals surface area contributed by atoms with Crippen molar-refractivity contribution in [2.45, 2.75) is 49.9 Å². The van der Waals surface area contributed by atoms with Crippen LogP contribution in [0.25, 0.3) is 0 Å². The molecule has 1 aromatic carbocycles. The summed E-state index contributed by atoms with van der Waals surface area (Å²) in [5.74, 6) is -2.04. The number of ether oxygens (including phenoxy) is 1. The molecule has 0 saturated heterocycles. The monoisotopic (exact) mass is 410 g/mol. The third kappa shape index (κ3) is 5.18. The van der Waals surface area contributed by atoms with Crippen LogP contribution in [0.1, 0.15) is 37.2 Å². The first-order valence-electron chi connectivity index (χ1n) is 9.72. The van der Waals surface area contributed by atoms with Gasteiger partial charge in [-0.3, -0.25) is 9.59 Å². The number of halogens is 3. The van der Waals surface area contributed by atoms with Gasteiger partial charge in [0.05, 0.1) is 5.92 Å². The molecular formula is C21H25F3N2O3. The molecule has 5 nitrogen and oxygen atoms in total. The second-order valence-electron chi connectivity index (χ2n) is 7.55. The number of benzene rings is 1. The van der Waals surface area contributed by atoms with Gasteiger partial charge in [-0.1, -0.05) is 36.4 Å². The lowest BCUT2D eigenvalue weighted by molar-refractivity contribution is -0.172. The molecular weight excluding hydrogens is 385 g/mol. The van der Waals surface area contributed by atoms with Crippen LogP contribution in [0.4, 0.5) is 13.2 Å². The average Bonchev–Trinajstić information content (AvgIpc) is 2.71. The van der Waals surface area contributed by atoms with Crippen LogP contribution in [0.3, 0.4) is 0 Å². The fraction of sp³-hybridized carbons (Fsp3) is 0.524. The zero-order valence-electron chi connectivity index (χ0n) is 16.2. The number of hydrogen-bond donors (Lipinski definition) is 1. The fourth-order valence-corrected chi connectivity index (χ4v) is 4.26. The zero-order valence-corrected chi connectivity index (χ0v) is 16.2. The van der Waals surface area contributed by atoms with E-state index < -0.39 is 42.6 Å². The first-order valence-corrected chi connectivity index (χ1v) is 9.72. The van der Waals surface area contributed by atoms with Crippen LogP contribution in [0.2, 0.25) is 0 Å². The normalized spacial score (nSPS) is 27.4. The number of nitrogens with zero attached hydrogens (tertiary/aromatic N) is 1. The number of amides is 2. The second kappa shape index (κ2) is 8.98. The van der Waals surface area contributed by atoms with Crippen LogP contribution in [0.15, 0.2) is 42.6 Å². The molecule has 2 atom stereocenters. The predicted molar refractivity (Wildman–Crippen MR) is 101 cm³/mol. The topological polar surface area (TPSA) is 58.6 Å². The third-order valence-corrected chi connectivity index (χ3v) is 5.69. The van der Waals surface area contributed by atoms with E-state index in [1.807, 2.05) is 30.3 Å². The van der Waals surface area contributed by atoms with Gasteiger partial charge in [0.25, 0.3) is 5.91 Å². The molecule has 1 aliphatic heterocycles. The number of nitrogens with one attached hydrogen (secondary N) is 1. The Labute approximate surface area is 167 Å². The minimum absolute atomic E-state index is 0.280. The van der Waals surface area contributed by atoms with Crippen molar-refractivity contribution in [3.8, 4) is 0 Å². The molecule has 29 heavy (non-hydrogen) atoms. The number of alkyl halides is 3. The van der Waals surface area contributed by atoms with Crippen LogP contribution < -0.4 is 5.32 Å². The Morgan fingerprint density at radius 1 is 1.17 bits per heavy atom. The van der Waals surface area contributed by atoms with Crippen molar-refractivity contribution in [2.24, 2.45) is 5.92 Å². The van der Waals surface area contributed by atoms with Gasteiger partial charge in [0.15, 0.2) is 6.10 Å². The van der Waals surface area contributed by atoms with E-state index in [-0.39, 0.29) is 5.92 Å². The summed E-state index contributed by atoms with van der Waals surface area (Å²) >= 11 is 0. The molecule has 1 aromatic rings. The average molecular weight is 410 g/mol. The maximum absolute atomic E-state index is 13.3. The lowest BCUT2D eigenvalue weighted by Crippen LogP contribution is -2.54. The van der Waals surface area contributed by atoms with Gasteiger partial charge in [-0.05, 0) is 37.2 Å². The molecule has 0 radical (unpaired) electrons. The fourth-order valence-electron chi connectivity index (χ4n) is 4.26. The van der Waals surface area contributed by atoms with Crippen molar-refractivity contribution >= 4 is 11.8 Å². The van der Waals surface area contributed by atoms with E-state index in [0.717, 1.165) is 4.90 Å². The van der Waals surface area contributed by atoms with E-state index in [1.54, 1.807) is 0 Å². The molecule has 0 aromatic heterocycles. The first-order chi connectivity index (χ1) is 13.8. The molecule has 2 aliphatic rings. The quantitative estimate of drug-likeness (QED) is 0.810. The van der Waals surface area contributed by atoms with Gasteiger partial charge < -0.3 is 15.0 Å². The van der Waals surface area contributed by atoms with E-state index in [1.165, 1.54) is 24.9 Å². The van der Waals surface area contributed by atoms with E-state index in [0.29, 0.717) is 25.7 Å². The standard InChI is InChI=1S/C21H25F3N2O3/c1-29-18-17(11-12-25-19(18)27)20(28)26(13-21(22,23)24)16-9-7-15(8-10-16)14-5-3-2-4-6-14/h2-6,11-12,15-18H,7-10,13H2,1H3,(H,25,27)/t15?,16?,17-,18-/m1/s1. The lowest BCUT2D eigenvalue weighted by atomic mass is 9.81. The Bertz CT molecular complexity index is 743. The summed E-state index contributed by atoms with van der Waals surface area (Å²) in [7, 11) is 1.27. The summed E-state index contributed by atoms with van der Waals surface area (Å²) in [6, 6.07) is 9.37. The van der Waals surface area contributed by atoms with Crippen molar-refractivity contribution in [1.29, 1.82) is 0 Å². The smallest absolute Gasteiger partial charge is 0.370 e. The van der Waals surface area contributed by atoms with Crippen LogP contribution in [-0.4, -0.2) is 48.7 Å². The number of rotatable bonds is 5. The van der Waals surface area contributed by atoms with E-state index >= 15 is 0 Å². The summed E-state index contributed by atoms with van der Waals surface area (Å²) in [4.78, 5) is 25.9. The molecule has 1 saturated carbocycles. The van der Waals surface area contributed by atoms with Crippen LogP contribution >= 0.6 is 0 Å². The predicted octanol–water partition coefficient (Wildman–Crippen LogP) is 3.38. The minimum atomic E-state index is -4.52. The van der Waals surface area contributed by atoms with Crippen LogP contribution in [0.5, 0.6) is 0 Å². The Kier molecular flexibility index (Phi) is 6.62. The highest BCUT2D eigenvalue weighted by Crippen LogP contribution is 2.36. The summed E-state index contributed by atoms with van der Waals surface area (Å²) < 4.78 is 44.9. The minimum Gasteiger partial charge on any atom is -0.370 e. The zero-order chi connectivity index (χ0) is 21.0. The van der Waals surface area contributed by atoms with Gasteiger partial charge in [-0.15, -0.1) is 0 Å². The Morgan fingerprint density at radius 3 is 2.41 bits per heavy atom. The van der Waals surface area contributed by atoms with Gasteiger partial charge >= 0.3 is 6.18 Å². The first kappa shape index (κ1) is 21.4. The maximum Gasteiger partial charge on any atom is 0.406 e. The number of hydrogen-bond acceptors (Lipinski definition) is 3. The van der Waals surface area contributed by atoms with Gasteiger partial charge in [0.2, 0.25) is 5.91 Å². The summed E-state index contributed by atoms with van der Waals surface area (Å²) in [6.45, 7) is -1.32. The number of methoxy groups -OCH3 is 1. The highest BCUT2D eigenvalue weighted by molar-refractivity contribution is 5.92. The largest absolute Gasteiger partial charge is 0.406 e. The van der Waals surface area contributed by atoms with Gasteiger partial charge in [-0.2, -0.15) is 13.2 Å². The Hall–Kier alpha value is -2.35. The Morgan fingerprint density at radius 2 is 1.83 bits per heavy atom. The van der Waals surface area contributed by atoms with Crippen molar-refractivity contribution in [1.82, 2.24) is 10.2 Å². The van der Waals surface area contributed by atoms with E-state index in [9.17, 15) is 22.8 Å². The molecule has 0 unspecified atom stereocenters. The highest BCUT2D eigenvalue weighted by Gasteiger charge is 2.43. The summed E-state index contributed by atoms with van der Waals surface area (Å²) in [6.07, 6.45) is -0.562. The van der Waals surface area contributed by atoms with E-state index in [4.69, 9.17) is 4.74 Å². The molecule has 2 amide bonds. The molecule has 1 N–H and O–H groups in total. The molecule has 1 fully saturated rings. The lowest BCUT2D eigenvalue weighted by Gasteiger charge is -2.39. The maximum atomic E-state index is 13.3. The second-order valence-corrected chi connectivity index (χ2v) is 7.55. The van der Waals surface area contributed by atoms with E-state index in [2.05, 4.69) is 5.32 Å². The molecule has 3 rings (SSSR count). The third-order valence-electron chi connectivity index (χ3n) is 5.69.